The number of likely N-dealkylation sites (tertiary alicyclic amines) is 1. The van der Waals surface area contributed by atoms with Gasteiger partial charge in [0.05, 0.1) is 27.9 Å². The van der Waals surface area contributed by atoms with Crippen molar-refractivity contribution in [3.63, 3.8) is 0 Å². The van der Waals surface area contributed by atoms with Crippen LogP contribution in [0.5, 0.6) is 17.2 Å². The van der Waals surface area contributed by atoms with E-state index in [1.807, 2.05) is 0 Å². The molecule has 0 radical (unpaired) electrons. The first-order chi connectivity index (χ1) is 11.5. The number of carbonyl (C=O) groups excluding carboxylic acids is 1. The fraction of sp³-hybridized carbons (Fsp3) is 0.500. The molecule has 2 rings (SSSR count). The largest absolute Gasteiger partial charge is 0.493 e. The van der Waals surface area contributed by atoms with Gasteiger partial charge in [-0.1, -0.05) is 0 Å². The Kier molecular flexibility index (Phi) is 7.79. The summed E-state index contributed by atoms with van der Waals surface area (Å²) >= 11 is 0. The van der Waals surface area contributed by atoms with E-state index < -0.39 is 12.0 Å². The predicted molar refractivity (Wildman–Crippen MR) is 94.2 cm³/mol. The minimum absolute atomic E-state index is 0. The number of anilines is 1. The van der Waals surface area contributed by atoms with Gasteiger partial charge in [0, 0.05) is 17.8 Å². The summed E-state index contributed by atoms with van der Waals surface area (Å²) in [5.74, 6) is 0.0995. The number of benzene rings is 1. The van der Waals surface area contributed by atoms with Crippen LogP contribution in [0.4, 0.5) is 5.69 Å². The summed E-state index contributed by atoms with van der Waals surface area (Å²) in [6.45, 7) is 0.618. The molecule has 0 aromatic heterocycles. The second kappa shape index (κ2) is 9.33. The van der Waals surface area contributed by atoms with E-state index >= 15 is 0 Å². The zero-order valence-corrected chi connectivity index (χ0v) is 15.2. The van der Waals surface area contributed by atoms with Gasteiger partial charge in [-0.3, -0.25) is 14.5 Å². The van der Waals surface area contributed by atoms with Gasteiger partial charge in [-0.2, -0.15) is 0 Å². The zero-order chi connectivity index (χ0) is 17.7. The van der Waals surface area contributed by atoms with Gasteiger partial charge in [0.2, 0.25) is 11.7 Å². The van der Waals surface area contributed by atoms with E-state index in [0.717, 1.165) is 6.42 Å². The standard InChI is InChI=1S/C16H22N2O6.ClH/c1-22-12-7-10(8-13(23-2)15(12)24-3)17-14(19)9-18-6-4-5-11(18)16(20)21;/h7-8,11H,4-6,9H2,1-3H3,(H,17,19)(H,20,21);1H/t11-;/m0./s1. The number of methoxy groups -OCH3 is 3. The highest BCUT2D eigenvalue weighted by Crippen LogP contribution is 2.39. The second-order valence-electron chi connectivity index (χ2n) is 5.43. The molecular weight excluding hydrogens is 352 g/mol. The Morgan fingerprint density at radius 1 is 1.20 bits per heavy atom. The summed E-state index contributed by atoms with van der Waals surface area (Å²) in [5, 5.41) is 11.9. The Balaban J connectivity index is 0.00000312. The Labute approximate surface area is 152 Å². The van der Waals surface area contributed by atoms with E-state index in [0.29, 0.717) is 35.9 Å². The summed E-state index contributed by atoms with van der Waals surface area (Å²) < 4.78 is 15.7. The summed E-state index contributed by atoms with van der Waals surface area (Å²) in [6.07, 6.45) is 1.33. The molecule has 1 atom stereocenters. The highest BCUT2D eigenvalue weighted by molar-refractivity contribution is 5.93. The molecule has 9 heteroatoms. The van der Waals surface area contributed by atoms with Gasteiger partial charge in [-0.15, -0.1) is 12.4 Å². The number of nitrogens with zero attached hydrogens (tertiary/aromatic N) is 1. The number of aliphatic carboxylic acids is 1. The Hall–Kier alpha value is -2.19. The molecule has 1 aromatic rings. The molecule has 1 aliphatic rings. The maximum absolute atomic E-state index is 12.2. The summed E-state index contributed by atoms with van der Waals surface area (Å²) in [7, 11) is 4.48. The topological polar surface area (TPSA) is 97.3 Å². The van der Waals surface area contributed by atoms with Gasteiger partial charge in [0.15, 0.2) is 11.5 Å². The zero-order valence-electron chi connectivity index (χ0n) is 14.4. The molecule has 0 aliphatic carbocycles. The average Bonchev–Trinajstić information content (AvgIpc) is 3.01. The third-order valence-electron chi connectivity index (χ3n) is 3.94. The summed E-state index contributed by atoms with van der Waals surface area (Å²) in [5.41, 5.74) is 0.487. The molecule has 8 nitrogen and oxygen atoms in total. The van der Waals surface area contributed by atoms with Crippen LogP contribution >= 0.6 is 12.4 Å². The molecule has 0 bridgehead atoms. The van der Waals surface area contributed by atoms with Crippen LogP contribution in [0.1, 0.15) is 12.8 Å². The van der Waals surface area contributed by atoms with Crippen molar-refractivity contribution in [3.05, 3.63) is 12.1 Å². The lowest BCUT2D eigenvalue weighted by atomic mass is 10.2. The third-order valence-corrected chi connectivity index (χ3v) is 3.94. The molecule has 25 heavy (non-hydrogen) atoms. The van der Waals surface area contributed by atoms with Crippen LogP contribution in [0, 0.1) is 0 Å². The minimum Gasteiger partial charge on any atom is -0.493 e. The number of rotatable bonds is 7. The SMILES string of the molecule is COc1cc(NC(=O)CN2CCC[C@H]2C(=O)O)cc(OC)c1OC.Cl. The molecule has 1 fully saturated rings. The molecule has 0 spiro atoms. The number of amides is 1. The number of halogens is 1. The van der Waals surface area contributed by atoms with Crippen molar-refractivity contribution in [2.24, 2.45) is 0 Å². The summed E-state index contributed by atoms with van der Waals surface area (Å²) in [6, 6.07) is 2.64. The van der Waals surface area contributed by atoms with Crippen molar-refractivity contribution in [2.75, 3.05) is 39.7 Å². The van der Waals surface area contributed by atoms with Gasteiger partial charge in [-0.05, 0) is 19.4 Å². The molecule has 1 aliphatic heterocycles. The molecule has 0 unspecified atom stereocenters. The van der Waals surface area contributed by atoms with Gasteiger partial charge in [-0.25, -0.2) is 0 Å². The van der Waals surface area contributed by atoms with Gasteiger partial charge >= 0.3 is 5.97 Å². The number of nitrogens with one attached hydrogen (secondary N) is 1. The highest BCUT2D eigenvalue weighted by Gasteiger charge is 2.31. The van der Waals surface area contributed by atoms with E-state index in [1.54, 1.807) is 17.0 Å². The molecule has 2 N–H and O–H groups in total. The highest BCUT2D eigenvalue weighted by atomic mass is 35.5. The lowest BCUT2D eigenvalue weighted by molar-refractivity contribution is -0.142. The molecule has 1 heterocycles. The molecule has 0 saturated carbocycles. The quantitative estimate of drug-likeness (QED) is 0.748. The van der Waals surface area contributed by atoms with Gasteiger partial charge in [0.1, 0.15) is 6.04 Å². The van der Waals surface area contributed by atoms with Crippen molar-refractivity contribution in [1.82, 2.24) is 4.90 Å². The number of carbonyl (C=O) groups is 2. The Morgan fingerprint density at radius 3 is 2.28 bits per heavy atom. The smallest absolute Gasteiger partial charge is 0.320 e. The molecule has 1 amide bonds. The maximum atomic E-state index is 12.2. The number of hydrogen-bond donors (Lipinski definition) is 2. The lowest BCUT2D eigenvalue weighted by Crippen LogP contribution is -2.40. The number of carboxylic acid groups (broad SMARTS) is 1. The fourth-order valence-corrected chi connectivity index (χ4v) is 2.83. The van der Waals surface area contributed by atoms with Gasteiger partial charge < -0.3 is 24.6 Å². The van der Waals surface area contributed by atoms with Gasteiger partial charge in [0.25, 0.3) is 0 Å². The Bertz CT molecular complexity index is 600. The van der Waals surface area contributed by atoms with Crippen molar-refractivity contribution in [1.29, 1.82) is 0 Å². The number of hydrogen-bond acceptors (Lipinski definition) is 6. The van der Waals surface area contributed by atoms with Crippen LogP contribution in [-0.4, -0.2) is 62.3 Å². The van der Waals surface area contributed by atoms with E-state index in [-0.39, 0.29) is 24.9 Å². The molecule has 140 valence electrons. The van der Waals surface area contributed by atoms with Crippen molar-refractivity contribution in [2.45, 2.75) is 18.9 Å². The van der Waals surface area contributed by atoms with Crippen LogP contribution in [0.2, 0.25) is 0 Å². The van der Waals surface area contributed by atoms with Crippen molar-refractivity contribution in [3.8, 4) is 17.2 Å². The first-order valence-corrected chi connectivity index (χ1v) is 7.56. The fourth-order valence-electron chi connectivity index (χ4n) is 2.83. The second-order valence-corrected chi connectivity index (χ2v) is 5.43. The van der Waals surface area contributed by atoms with E-state index in [1.165, 1.54) is 21.3 Å². The van der Waals surface area contributed by atoms with Crippen molar-refractivity contribution >= 4 is 30.0 Å². The molecule has 1 aromatic carbocycles. The molecule has 1 saturated heterocycles. The Morgan fingerprint density at radius 2 is 1.80 bits per heavy atom. The van der Waals surface area contributed by atoms with Crippen LogP contribution in [0.25, 0.3) is 0 Å². The average molecular weight is 375 g/mol. The van der Waals surface area contributed by atoms with E-state index in [2.05, 4.69) is 5.32 Å². The van der Waals surface area contributed by atoms with E-state index in [4.69, 9.17) is 19.3 Å². The van der Waals surface area contributed by atoms with Crippen LogP contribution in [0.3, 0.4) is 0 Å². The lowest BCUT2D eigenvalue weighted by Gasteiger charge is -2.20. The first kappa shape index (κ1) is 20.9. The third kappa shape index (κ3) is 4.90. The number of carboxylic acids is 1. The van der Waals surface area contributed by atoms with Crippen LogP contribution in [-0.2, 0) is 9.59 Å². The number of ether oxygens (including phenoxy) is 3. The van der Waals surface area contributed by atoms with Crippen LogP contribution in [0.15, 0.2) is 12.1 Å². The normalized spacial score (nSPS) is 16.7. The minimum atomic E-state index is -0.895. The maximum Gasteiger partial charge on any atom is 0.320 e. The molecular formula is C16H23ClN2O6. The summed E-state index contributed by atoms with van der Waals surface area (Å²) in [4.78, 5) is 25.1. The van der Waals surface area contributed by atoms with E-state index in [9.17, 15) is 9.59 Å². The first-order valence-electron chi connectivity index (χ1n) is 7.56. The van der Waals surface area contributed by atoms with Crippen molar-refractivity contribution < 1.29 is 28.9 Å². The monoisotopic (exact) mass is 374 g/mol. The predicted octanol–water partition coefficient (Wildman–Crippen LogP) is 1.62. The van der Waals surface area contributed by atoms with Crippen LogP contribution < -0.4 is 19.5 Å².